The molecule has 0 spiro atoms. The Hall–Kier alpha value is -1.47. The Labute approximate surface area is 115 Å². The molecule has 2 rings (SSSR count). The predicted molar refractivity (Wildman–Crippen MR) is 70.9 cm³/mol. The van der Waals surface area contributed by atoms with Gasteiger partial charge in [-0.2, -0.15) is 0 Å². The number of hydrogen-bond acceptors (Lipinski definition) is 5. The number of amides is 1. The van der Waals surface area contributed by atoms with Crippen molar-refractivity contribution < 1.29 is 14.7 Å². The van der Waals surface area contributed by atoms with Gasteiger partial charge in [-0.3, -0.25) is 9.69 Å². The molecular formula is C12H17N3O3S. The minimum Gasteiger partial charge on any atom is -0.476 e. The summed E-state index contributed by atoms with van der Waals surface area (Å²) < 4.78 is 0. The minimum absolute atomic E-state index is 0.103. The zero-order valence-electron chi connectivity index (χ0n) is 10.7. The second-order valence-corrected chi connectivity index (χ2v) is 5.76. The highest BCUT2D eigenvalue weighted by molar-refractivity contribution is 7.11. The van der Waals surface area contributed by atoms with Crippen LogP contribution in [0.3, 0.4) is 0 Å². The third kappa shape index (κ3) is 3.30. The summed E-state index contributed by atoms with van der Waals surface area (Å²) in [6.07, 6.45) is 1.74. The molecule has 1 aliphatic rings. The van der Waals surface area contributed by atoms with Gasteiger partial charge in [-0.25, -0.2) is 9.78 Å². The van der Waals surface area contributed by atoms with E-state index in [4.69, 9.17) is 10.8 Å². The number of likely N-dealkylation sites (tertiary alicyclic amines) is 1. The lowest BCUT2D eigenvalue weighted by molar-refractivity contribution is -0.124. The average molecular weight is 283 g/mol. The summed E-state index contributed by atoms with van der Waals surface area (Å²) in [5, 5.41) is 10.7. The monoisotopic (exact) mass is 283 g/mol. The van der Waals surface area contributed by atoms with E-state index in [1.807, 2.05) is 0 Å². The van der Waals surface area contributed by atoms with Crippen LogP contribution in [0.1, 0.15) is 35.3 Å². The fourth-order valence-electron chi connectivity index (χ4n) is 2.32. The Bertz CT molecular complexity index is 488. The summed E-state index contributed by atoms with van der Waals surface area (Å²) in [6.45, 7) is 3.28. The summed E-state index contributed by atoms with van der Waals surface area (Å²) in [7, 11) is 0. The number of rotatable bonds is 4. The van der Waals surface area contributed by atoms with Crippen LogP contribution in [-0.2, 0) is 11.3 Å². The van der Waals surface area contributed by atoms with Crippen LogP contribution in [0.5, 0.6) is 0 Å². The van der Waals surface area contributed by atoms with Crippen LogP contribution in [0.25, 0.3) is 0 Å². The smallest absolute Gasteiger partial charge is 0.365 e. The topological polar surface area (TPSA) is 96.5 Å². The van der Waals surface area contributed by atoms with Crippen molar-refractivity contribution in [2.45, 2.75) is 32.4 Å². The Morgan fingerprint density at radius 1 is 1.58 bits per heavy atom. The first-order valence-electron chi connectivity index (χ1n) is 6.18. The van der Waals surface area contributed by atoms with E-state index in [0.29, 0.717) is 19.1 Å². The van der Waals surface area contributed by atoms with Crippen molar-refractivity contribution in [1.29, 1.82) is 0 Å². The number of primary amides is 1. The minimum atomic E-state index is -1.00. The molecule has 1 aromatic heterocycles. The first-order valence-corrected chi connectivity index (χ1v) is 7.06. The highest BCUT2D eigenvalue weighted by atomic mass is 32.1. The molecular weight excluding hydrogens is 266 g/mol. The molecule has 104 valence electrons. The van der Waals surface area contributed by atoms with E-state index in [1.54, 1.807) is 5.38 Å². The zero-order chi connectivity index (χ0) is 14.0. The van der Waals surface area contributed by atoms with Crippen molar-refractivity contribution in [1.82, 2.24) is 9.88 Å². The summed E-state index contributed by atoms with van der Waals surface area (Å²) in [5.74, 6) is -1.38. The number of nitrogens with two attached hydrogens (primary N) is 1. The maximum atomic E-state index is 11.3. The lowest BCUT2D eigenvalue weighted by Crippen LogP contribution is -2.45. The summed E-state index contributed by atoms with van der Waals surface area (Å²) in [6, 6.07) is 0.352. The number of carboxylic acid groups (broad SMARTS) is 1. The maximum Gasteiger partial charge on any atom is 0.365 e. The van der Waals surface area contributed by atoms with E-state index >= 15 is 0 Å². The first kappa shape index (κ1) is 14.0. The van der Waals surface area contributed by atoms with E-state index in [2.05, 4.69) is 16.8 Å². The van der Waals surface area contributed by atoms with Gasteiger partial charge in [0.1, 0.15) is 0 Å². The van der Waals surface area contributed by atoms with Crippen molar-refractivity contribution in [2.75, 3.05) is 6.54 Å². The SMILES string of the molecule is CC1CCC(C(N)=O)CN1Cc1csc(C(=O)O)n1. The molecule has 1 saturated heterocycles. The Morgan fingerprint density at radius 2 is 2.32 bits per heavy atom. The summed E-state index contributed by atoms with van der Waals surface area (Å²) in [5.41, 5.74) is 6.09. The zero-order valence-corrected chi connectivity index (χ0v) is 11.5. The first-order chi connectivity index (χ1) is 8.97. The molecule has 1 aromatic rings. The van der Waals surface area contributed by atoms with Crippen LogP contribution in [0.2, 0.25) is 0 Å². The van der Waals surface area contributed by atoms with Crippen LogP contribution in [0.15, 0.2) is 5.38 Å². The number of thiazole rings is 1. The molecule has 1 amide bonds. The van der Waals surface area contributed by atoms with Crippen LogP contribution in [0.4, 0.5) is 0 Å². The fraction of sp³-hybridized carbons (Fsp3) is 0.583. The Morgan fingerprint density at radius 3 is 2.89 bits per heavy atom. The number of nitrogens with zero attached hydrogens (tertiary/aromatic N) is 2. The molecule has 0 saturated carbocycles. The molecule has 1 fully saturated rings. The van der Waals surface area contributed by atoms with Crippen molar-refractivity contribution in [2.24, 2.45) is 11.7 Å². The molecule has 0 aromatic carbocycles. The number of carboxylic acids is 1. The standard InChI is InChI=1S/C12H17N3O3S/c1-7-2-3-8(10(13)16)4-15(7)5-9-6-19-11(14-9)12(17)18/h6-8H,2-5H2,1H3,(H2,13,16)(H,17,18). The molecule has 1 aliphatic heterocycles. The van der Waals surface area contributed by atoms with Gasteiger partial charge in [0.15, 0.2) is 0 Å². The van der Waals surface area contributed by atoms with Gasteiger partial charge in [-0.05, 0) is 19.8 Å². The lowest BCUT2D eigenvalue weighted by Gasteiger charge is -2.36. The summed E-state index contributed by atoms with van der Waals surface area (Å²) >= 11 is 1.13. The highest BCUT2D eigenvalue weighted by Crippen LogP contribution is 2.24. The summed E-state index contributed by atoms with van der Waals surface area (Å²) in [4.78, 5) is 28.2. The van der Waals surface area contributed by atoms with E-state index < -0.39 is 5.97 Å². The number of aromatic nitrogens is 1. The van der Waals surface area contributed by atoms with Crippen molar-refractivity contribution in [3.05, 3.63) is 16.1 Å². The van der Waals surface area contributed by atoms with E-state index in [-0.39, 0.29) is 16.8 Å². The molecule has 2 unspecified atom stereocenters. The normalized spacial score (nSPS) is 24.3. The van der Waals surface area contributed by atoms with Gasteiger partial charge in [0.05, 0.1) is 11.6 Å². The predicted octanol–water partition coefficient (Wildman–Crippen LogP) is 0.927. The molecule has 2 atom stereocenters. The van der Waals surface area contributed by atoms with Gasteiger partial charge in [0.25, 0.3) is 0 Å². The van der Waals surface area contributed by atoms with Crippen LogP contribution < -0.4 is 5.73 Å². The number of carbonyl (C=O) groups is 2. The van der Waals surface area contributed by atoms with Crippen molar-refractivity contribution in [3.8, 4) is 0 Å². The van der Waals surface area contributed by atoms with Gasteiger partial charge >= 0.3 is 5.97 Å². The average Bonchev–Trinajstić information content (AvgIpc) is 2.80. The number of carbonyl (C=O) groups excluding carboxylic acids is 1. The van der Waals surface area contributed by atoms with Gasteiger partial charge in [-0.15, -0.1) is 11.3 Å². The molecule has 3 N–H and O–H groups in total. The number of piperidine rings is 1. The largest absolute Gasteiger partial charge is 0.476 e. The van der Waals surface area contributed by atoms with Gasteiger partial charge < -0.3 is 10.8 Å². The van der Waals surface area contributed by atoms with Crippen LogP contribution in [0, 0.1) is 5.92 Å². The van der Waals surface area contributed by atoms with Gasteiger partial charge in [0.2, 0.25) is 10.9 Å². The maximum absolute atomic E-state index is 11.3. The number of aromatic carboxylic acids is 1. The third-order valence-electron chi connectivity index (χ3n) is 3.51. The van der Waals surface area contributed by atoms with E-state index in [1.165, 1.54) is 0 Å². The molecule has 19 heavy (non-hydrogen) atoms. The van der Waals surface area contributed by atoms with Crippen LogP contribution in [-0.4, -0.2) is 39.5 Å². The molecule has 2 heterocycles. The number of hydrogen-bond donors (Lipinski definition) is 2. The van der Waals surface area contributed by atoms with Crippen molar-refractivity contribution in [3.63, 3.8) is 0 Å². The molecule has 0 bridgehead atoms. The second-order valence-electron chi connectivity index (χ2n) is 4.90. The molecule has 0 radical (unpaired) electrons. The highest BCUT2D eigenvalue weighted by Gasteiger charge is 2.29. The van der Waals surface area contributed by atoms with Crippen LogP contribution >= 0.6 is 11.3 Å². The molecule has 6 nitrogen and oxygen atoms in total. The van der Waals surface area contributed by atoms with Crippen molar-refractivity contribution >= 4 is 23.2 Å². The lowest BCUT2D eigenvalue weighted by atomic mass is 9.93. The Balaban J connectivity index is 2.03. The molecule has 7 heteroatoms. The second kappa shape index (κ2) is 5.66. The van der Waals surface area contributed by atoms with Gasteiger partial charge in [-0.1, -0.05) is 0 Å². The molecule has 0 aliphatic carbocycles. The quantitative estimate of drug-likeness (QED) is 0.856. The van der Waals surface area contributed by atoms with E-state index in [0.717, 1.165) is 29.9 Å². The Kier molecular flexibility index (Phi) is 4.16. The fourth-order valence-corrected chi connectivity index (χ4v) is 2.96. The van der Waals surface area contributed by atoms with Gasteiger partial charge in [0, 0.05) is 24.5 Å². The third-order valence-corrected chi connectivity index (χ3v) is 4.39. The van der Waals surface area contributed by atoms with E-state index in [9.17, 15) is 9.59 Å².